The number of nitrogens with one attached hydrogen (secondary N) is 1. The van der Waals surface area contributed by atoms with E-state index in [1.807, 2.05) is 13.0 Å². The number of rotatable bonds is 5. The minimum Gasteiger partial charge on any atom is -0.324 e. The van der Waals surface area contributed by atoms with E-state index >= 15 is 0 Å². The van der Waals surface area contributed by atoms with Crippen molar-refractivity contribution < 1.29 is 8.42 Å². The molecule has 2 fully saturated rings. The molecule has 4 nitrogen and oxygen atoms in total. The van der Waals surface area contributed by atoms with E-state index in [0.29, 0.717) is 10.8 Å². The molecule has 0 amide bonds. The van der Waals surface area contributed by atoms with Crippen LogP contribution in [0.15, 0.2) is 29.2 Å². The summed E-state index contributed by atoms with van der Waals surface area (Å²) in [5.74, 6) is 1.26. The van der Waals surface area contributed by atoms with E-state index in [2.05, 4.69) is 4.72 Å². The third-order valence-corrected chi connectivity index (χ3v) is 6.57. The molecular formula is C16H24N2O2S. The Morgan fingerprint density at radius 1 is 1.33 bits per heavy atom. The van der Waals surface area contributed by atoms with Gasteiger partial charge in [0, 0.05) is 12.1 Å². The number of hydrogen-bond acceptors (Lipinski definition) is 3. The highest BCUT2D eigenvalue weighted by Crippen LogP contribution is 2.44. The molecule has 0 aromatic heterocycles. The van der Waals surface area contributed by atoms with Crippen LogP contribution in [0.5, 0.6) is 0 Å². The summed E-state index contributed by atoms with van der Waals surface area (Å²) in [5.41, 5.74) is 6.89. The highest BCUT2D eigenvalue weighted by molar-refractivity contribution is 7.89. The van der Waals surface area contributed by atoms with Gasteiger partial charge in [-0.15, -0.1) is 0 Å². The molecule has 2 aliphatic carbocycles. The molecule has 5 heteroatoms. The SMILES string of the molecule is CCC(N)c1cccc(S(=O)(=O)NC2CC3CCC2C3)c1. The summed E-state index contributed by atoms with van der Waals surface area (Å²) in [7, 11) is -3.44. The summed E-state index contributed by atoms with van der Waals surface area (Å²) >= 11 is 0. The maximum absolute atomic E-state index is 12.6. The van der Waals surface area contributed by atoms with Crippen molar-refractivity contribution in [3.8, 4) is 0 Å². The quantitative estimate of drug-likeness (QED) is 0.878. The van der Waals surface area contributed by atoms with Crippen molar-refractivity contribution in [3.63, 3.8) is 0 Å². The number of sulfonamides is 1. The van der Waals surface area contributed by atoms with E-state index < -0.39 is 10.0 Å². The minimum atomic E-state index is -3.44. The van der Waals surface area contributed by atoms with Crippen molar-refractivity contribution in [2.24, 2.45) is 17.6 Å². The molecule has 3 rings (SSSR count). The molecule has 21 heavy (non-hydrogen) atoms. The van der Waals surface area contributed by atoms with Crippen molar-refractivity contribution in [1.29, 1.82) is 0 Å². The zero-order valence-corrected chi connectivity index (χ0v) is 13.3. The summed E-state index contributed by atoms with van der Waals surface area (Å²) < 4.78 is 28.1. The molecule has 0 aliphatic heterocycles. The van der Waals surface area contributed by atoms with E-state index in [1.165, 1.54) is 19.3 Å². The van der Waals surface area contributed by atoms with Gasteiger partial charge >= 0.3 is 0 Å². The number of nitrogens with two attached hydrogens (primary N) is 1. The van der Waals surface area contributed by atoms with Gasteiger partial charge in [0.1, 0.15) is 0 Å². The Morgan fingerprint density at radius 2 is 2.14 bits per heavy atom. The fourth-order valence-electron chi connectivity index (χ4n) is 3.80. The van der Waals surface area contributed by atoms with Crippen molar-refractivity contribution in [3.05, 3.63) is 29.8 Å². The molecule has 0 heterocycles. The van der Waals surface area contributed by atoms with E-state index in [0.717, 1.165) is 24.3 Å². The highest BCUT2D eigenvalue weighted by Gasteiger charge is 2.41. The van der Waals surface area contributed by atoms with Gasteiger partial charge in [0.25, 0.3) is 0 Å². The van der Waals surface area contributed by atoms with Gasteiger partial charge < -0.3 is 5.73 Å². The number of fused-ring (bicyclic) bond motifs is 2. The highest BCUT2D eigenvalue weighted by atomic mass is 32.2. The third kappa shape index (κ3) is 3.00. The lowest BCUT2D eigenvalue weighted by molar-refractivity contribution is 0.390. The van der Waals surface area contributed by atoms with Gasteiger partial charge in [0.15, 0.2) is 0 Å². The van der Waals surface area contributed by atoms with Crippen molar-refractivity contribution >= 4 is 10.0 Å². The molecule has 0 saturated heterocycles. The van der Waals surface area contributed by atoms with Crippen LogP contribution in [0.25, 0.3) is 0 Å². The van der Waals surface area contributed by atoms with E-state index in [1.54, 1.807) is 18.2 Å². The van der Waals surface area contributed by atoms with Crippen LogP contribution in [0.4, 0.5) is 0 Å². The predicted octanol–water partition coefficient (Wildman–Crippen LogP) is 2.56. The third-order valence-electron chi connectivity index (χ3n) is 5.08. The van der Waals surface area contributed by atoms with Gasteiger partial charge in [-0.3, -0.25) is 0 Å². The van der Waals surface area contributed by atoms with Crippen LogP contribution in [0.3, 0.4) is 0 Å². The average Bonchev–Trinajstić information content (AvgIpc) is 3.08. The summed E-state index contributed by atoms with van der Waals surface area (Å²) in [6.45, 7) is 2.00. The zero-order chi connectivity index (χ0) is 15.0. The standard InChI is InChI=1S/C16H24N2O2S/c1-2-15(17)12-4-3-5-14(10-12)21(19,20)18-16-9-11-6-7-13(16)8-11/h3-5,10-11,13,15-16,18H,2,6-9,17H2,1H3. The normalized spacial score (nSPS) is 29.7. The smallest absolute Gasteiger partial charge is 0.240 e. The molecule has 2 bridgehead atoms. The molecule has 0 radical (unpaired) electrons. The fraction of sp³-hybridized carbons (Fsp3) is 0.625. The lowest BCUT2D eigenvalue weighted by Gasteiger charge is -2.23. The molecular weight excluding hydrogens is 284 g/mol. The molecule has 0 spiro atoms. The topological polar surface area (TPSA) is 72.2 Å². The molecule has 116 valence electrons. The van der Waals surface area contributed by atoms with Crippen LogP contribution in [0.2, 0.25) is 0 Å². The average molecular weight is 308 g/mol. The maximum Gasteiger partial charge on any atom is 0.240 e. The van der Waals surface area contributed by atoms with Crippen LogP contribution in [-0.2, 0) is 10.0 Å². The van der Waals surface area contributed by atoms with Gasteiger partial charge in [-0.1, -0.05) is 25.5 Å². The second-order valence-electron chi connectivity index (χ2n) is 6.49. The Kier molecular flexibility index (Phi) is 4.08. The Balaban J connectivity index is 1.78. The number of hydrogen-bond donors (Lipinski definition) is 2. The van der Waals surface area contributed by atoms with Gasteiger partial charge in [0.2, 0.25) is 10.0 Å². The van der Waals surface area contributed by atoms with Gasteiger partial charge in [-0.05, 0) is 55.2 Å². The first-order valence-electron chi connectivity index (χ1n) is 7.87. The van der Waals surface area contributed by atoms with E-state index in [-0.39, 0.29) is 12.1 Å². The largest absolute Gasteiger partial charge is 0.324 e. The second kappa shape index (κ2) is 5.71. The summed E-state index contributed by atoms with van der Waals surface area (Å²) in [6, 6.07) is 7.05. The van der Waals surface area contributed by atoms with Gasteiger partial charge in [0.05, 0.1) is 4.90 Å². The minimum absolute atomic E-state index is 0.109. The molecule has 2 aliphatic rings. The monoisotopic (exact) mass is 308 g/mol. The fourth-order valence-corrected chi connectivity index (χ4v) is 5.18. The Bertz CT molecular complexity index is 614. The lowest BCUT2D eigenvalue weighted by Crippen LogP contribution is -2.38. The zero-order valence-electron chi connectivity index (χ0n) is 12.5. The molecule has 1 aromatic rings. The molecule has 2 saturated carbocycles. The van der Waals surface area contributed by atoms with E-state index in [9.17, 15) is 8.42 Å². The van der Waals surface area contributed by atoms with Gasteiger partial charge in [-0.2, -0.15) is 0 Å². The second-order valence-corrected chi connectivity index (χ2v) is 8.20. The lowest BCUT2D eigenvalue weighted by atomic mass is 9.96. The first-order chi connectivity index (χ1) is 9.99. The number of benzene rings is 1. The van der Waals surface area contributed by atoms with Crippen LogP contribution in [0.1, 0.15) is 50.6 Å². The van der Waals surface area contributed by atoms with Crippen molar-refractivity contribution in [2.75, 3.05) is 0 Å². The van der Waals surface area contributed by atoms with Crippen LogP contribution < -0.4 is 10.5 Å². The van der Waals surface area contributed by atoms with Gasteiger partial charge in [-0.25, -0.2) is 13.1 Å². The summed E-state index contributed by atoms with van der Waals surface area (Å²) in [4.78, 5) is 0.340. The molecule has 4 atom stereocenters. The first-order valence-corrected chi connectivity index (χ1v) is 9.35. The van der Waals surface area contributed by atoms with Crippen LogP contribution >= 0.6 is 0 Å². The van der Waals surface area contributed by atoms with Crippen molar-refractivity contribution in [1.82, 2.24) is 4.72 Å². The predicted molar refractivity (Wildman–Crippen MR) is 83.2 cm³/mol. The first kappa shape index (κ1) is 15.0. The Hall–Kier alpha value is -0.910. The van der Waals surface area contributed by atoms with Crippen LogP contribution in [0, 0.1) is 11.8 Å². The van der Waals surface area contributed by atoms with E-state index in [4.69, 9.17) is 5.73 Å². The maximum atomic E-state index is 12.6. The molecule has 1 aromatic carbocycles. The summed E-state index contributed by atoms with van der Waals surface area (Å²) in [5, 5.41) is 0. The molecule has 3 N–H and O–H groups in total. The van der Waals surface area contributed by atoms with Crippen molar-refractivity contribution in [2.45, 2.75) is 56.0 Å². The Morgan fingerprint density at radius 3 is 2.76 bits per heavy atom. The Labute approximate surface area is 127 Å². The van der Waals surface area contributed by atoms with Crippen LogP contribution in [-0.4, -0.2) is 14.5 Å². The summed E-state index contributed by atoms with van der Waals surface area (Å²) in [6.07, 6.45) is 5.41. The molecule has 4 unspecified atom stereocenters.